The number of nitrogens with one attached hydrogen (secondary N) is 2. The van der Waals surface area contributed by atoms with E-state index in [1.165, 1.54) is 0 Å². The van der Waals surface area contributed by atoms with E-state index in [9.17, 15) is 9.59 Å². The van der Waals surface area contributed by atoms with Crippen LogP contribution in [0, 0.1) is 0 Å². The number of halogens is 3. The molecule has 1 unspecified atom stereocenters. The Morgan fingerprint density at radius 1 is 1.29 bits per heavy atom. The summed E-state index contributed by atoms with van der Waals surface area (Å²) in [6, 6.07) is 4.47. The van der Waals surface area contributed by atoms with E-state index in [2.05, 4.69) is 10.6 Å². The van der Waals surface area contributed by atoms with Crippen LogP contribution < -0.4 is 10.6 Å². The molecule has 24 heavy (non-hydrogen) atoms. The third-order valence-electron chi connectivity index (χ3n) is 3.90. The Morgan fingerprint density at radius 3 is 2.71 bits per heavy atom. The molecule has 1 saturated heterocycles. The van der Waals surface area contributed by atoms with Crippen molar-refractivity contribution in [3.63, 3.8) is 0 Å². The number of nitrogens with zero attached hydrogens (tertiary/aromatic N) is 1. The van der Waals surface area contributed by atoms with Gasteiger partial charge < -0.3 is 15.5 Å². The summed E-state index contributed by atoms with van der Waals surface area (Å²) in [4.78, 5) is 26.6. The van der Waals surface area contributed by atoms with Crippen LogP contribution in [0.5, 0.6) is 0 Å². The smallest absolute Gasteiger partial charge is 0.247 e. The van der Waals surface area contributed by atoms with Crippen LogP contribution in [-0.4, -0.2) is 42.9 Å². The van der Waals surface area contributed by atoms with Crippen LogP contribution >= 0.6 is 35.6 Å². The molecule has 2 amide bonds. The second-order valence-corrected chi connectivity index (χ2v) is 6.41. The molecular weight excluding hydrogens is 373 g/mol. The normalized spacial score (nSPS) is 17.1. The second kappa shape index (κ2) is 10.1. The van der Waals surface area contributed by atoms with Gasteiger partial charge in [0.2, 0.25) is 11.8 Å². The van der Waals surface area contributed by atoms with Gasteiger partial charge in [-0.15, -0.1) is 12.4 Å². The number of piperidine rings is 1. The van der Waals surface area contributed by atoms with E-state index in [0.29, 0.717) is 41.7 Å². The number of carbonyl (C=O) groups is 2. The molecule has 0 radical (unpaired) electrons. The summed E-state index contributed by atoms with van der Waals surface area (Å²) >= 11 is 12.0. The number of anilines is 1. The van der Waals surface area contributed by atoms with Crippen molar-refractivity contribution < 1.29 is 9.59 Å². The summed E-state index contributed by atoms with van der Waals surface area (Å²) in [6.07, 6.45) is 2.92. The van der Waals surface area contributed by atoms with Gasteiger partial charge in [0.05, 0.1) is 10.7 Å². The Morgan fingerprint density at radius 2 is 2.04 bits per heavy atom. The number of amides is 2. The van der Waals surface area contributed by atoms with Crippen LogP contribution in [0.25, 0.3) is 0 Å². The van der Waals surface area contributed by atoms with Crippen LogP contribution in [-0.2, 0) is 9.59 Å². The zero-order valence-corrected chi connectivity index (χ0v) is 15.8. The SMILES string of the molecule is CNCCC(=O)N1CCCCC1C(=O)Nc1ccc(Cl)cc1Cl.Cl. The van der Waals surface area contributed by atoms with Gasteiger partial charge in [-0.3, -0.25) is 9.59 Å². The molecule has 8 heteroatoms. The molecule has 1 aromatic carbocycles. The Hall–Kier alpha value is -1.01. The fraction of sp³-hybridized carbons (Fsp3) is 0.500. The number of likely N-dealkylation sites (tertiary alicyclic amines) is 1. The van der Waals surface area contributed by atoms with Crippen LogP contribution in [0.4, 0.5) is 5.69 Å². The van der Waals surface area contributed by atoms with Gasteiger partial charge in [0.1, 0.15) is 6.04 Å². The summed E-state index contributed by atoms with van der Waals surface area (Å²) in [5.41, 5.74) is 0.509. The molecule has 1 heterocycles. The lowest BCUT2D eigenvalue weighted by atomic mass is 10.0. The Bertz CT molecular complexity index is 584. The fourth-order valence-corrected chi connectivity index (χ4v) is 3.14. The van der Waals surface area contributed by atoms with E-state index in [1.54, 1.807) is 30.1 Å². The summed E-state index contributed by atoms with van der Waals surface area (Å²) < 4.78 is 0. The largest absolute Gasteiger partial charge is 0.331 e. The highest BCUT2D eigenvalue weighted by molar-refractivity contribution is 6.36. The number of carbonyl (C=O) groups excluding carboxylic acids is 2. The van der Waals surface area contributed by atoms with Crippen molar-refractivity contribution in [3.05, 3.63) is 28.2 Å². The average molecular weight is 395 g/mol. The van der Waals surface area contributed by atoms with E-state index < -0.39 is 6.04 Å². The summed E-state index contributed by atoms with van der Waals surface area (Å²) in [7, 11) is 1.80. The van der Waals surface area contributed by atoms with Gasteiger partial charge in [0.25, 0.3) is 0 Å². The van der Waals surface area contributed by atoms with E-state index >= 15 is 0 Å². The fourth-order valence-electron chi connectivity index (χ4n) is 2.69. The number of hydrogen-bond acceptors (Lipinski definition) is 3. The minimum atomic E-state index is -0.445. The average Bonchev–Trinajstić information content (AvgIpc) is 2.55. The Kier molecular flexibility index (Phi) is 8.84. The molecule has 134 valence electrons. The summed E-state index contributed by atoms with van der Waals surface area (Å²) in [6.45, 7) is 1.22. The lowest BCUT2D eigenvalue weighted by molar-refractivity contribution is -0.140. The van der Waals surface area contributed by atoms with Crippen molar-refractivity contribution in [3.8, 4) is 0 Å². The third kappa shape index (κ3) is 5.52. The van der Waals surface area contributed by atoms with Crippen LogP contribution in [0.15, 0.2) is 18.2 Å². The first kappa shape index (κ1) is 21.0. The maximum Gasteiger partial charge on any atom is 0.247 e. The van der Waals surface area contributed by atoms with Crippen molar-refractivity contribution in [2.45, 2.75) is 31.7 Å². The van der Waals surface area contributed by atoms with Gasteiger partial charge in [0.15, 0.2) is 0 Å². The highest BCUT2D eigenvalue weighted by Crippen LogP contribution is 2.27. The highest BCUT2D eigenvalue weighted by Gasteiger charge is 2.31. The predicted octanol–water partition coefficient (Wildman–Crippen LogP) is 3.34. The van der Waals surface area contributed by atoms with Gasteiger partial charge in [-0.2, -0.15) is 0 Å². The molecule has 5 nitrogen and oxygen atoms in total. The van der Waals surface area contributed by atoms with Crippen molar-refractivity contribution in [2.24, 2.45) is 0 Å². The van der Waals surface area contributed by atoms with Gasteiger partial charge in [-0.05, 0) is 44.5 Å². The third-order valence-corrected chi connectivity index (χ3v) is 4.45. The zero-order chi connectivity index (χ0) is 16.8. The second-order valence-electron chi connectivity index (χ2n) is 5.57. The maximum absolute atomic E-state index is 12.6. The van der Waals surface area contributed by atoms with Gasteiger partial charge in [-0.1, -0.05) is 23.2 Å². The standard InChI is InChI=1S/C16H21Cl2N3O2.ClH/c1-19-8-7-15(22)21-9-3-2-4-14(21)16(23)20-13-6-5-11(17)10-12(13)18;/h5-6,10,14,19H,2-4,7-9H2,1H3,(H,20,23);1H. The molecule has 2 rings (SSSR count). The summed E-state index contributed by atoms with van der Waals surface area (Å²) in [5.74, 6) is -0.201. The first-order valence-corrected chi connectivity index (χ1v) is 8.48. The minimum Gasteiger partial charge on any atom is -0.331 e. The molecule has 0 spiro atoms. The predicted molar refractivity (Wildman–Crippen MR) is 100 cm³/mol. The van der Waals surface area contributed by atoms with Crippen LogP contribution in [0.1, 0.15) is 25.7 Å². The topological polar surface area (TPSA) is 61.4 Å². The van der Waals surface area contributed by atoms with Crippen molar-refractivity contribution in [2.75, 3.05) is 25.5 Å². The molecule has 1 aromatic rings. The lowest BCUT2D eigenvalue weighted by Crippen LogP contribution is -2.50. The lowest BCUT2D eigenvalue weighted by Gasteiger charge is -2.35. The molecule has 0 bridgehead atoms. The van der Waals surface area contributed by atoms with Crippen LogP contribution in [0.3, 0.4) is 0 Å². The molecule has 1 atom stereocenters. The van der Waals surface area contributed by atoms with E-state index in [4.69, 9.17) is 23.2 Å². The van der Waals surface area contributed by atoms with Gasteiger partial charge in [0, 0.05) is 24.5 Å². The number of rotatable bonds is 5. The maximum atomic E-state index is 12.6. The molecule has 1 aliphatic heterocycles. The van der Waals surface area contributed by atoms with E-state index in [-0.39, 0.29) is 24.2 Å². The molecular formula is C16H22Cl3N3O2. The molecule has 1 aliphatic rings. The van der Waals surface area contributed by atoms with E-state index in [0.717, 1.165) is 12.8 Å². The molecule has 0 aliphatic carbocycles. The molecule has 2 N–H and O–H groups in total. The first-order valence-electron chi connectivity index (χ1n) is 7.73. The quantitative estimate of drug-likeness (QED) is 0.805. The monoisotopic (exact) mass is 393 g/mol. The first-order chi connectivity index (χ1) is 11.0. The van der Waals surface area contributed by atoms with Crippen molar-refractivity contribution >= 4 is 53.1 Å². The Balaban J connectivity index is 0.00000288. The molecule has 0 aromatic heterocycles. The van der Waals surface area contributed by atoms with Gasteiger partial charge >= 0.3 is 0 Å². The highest BCUT2D eigenvalue weighted by atomic mass is 35.5. The summed E-state index contributed by atoms with van der Waals surface area (Å²) in [5, 5.41) is 6.66. The molecule has 0 saturated carbocycles. The Labute approximate surface area is 158 Å². The van der Waals surface area contributed by atoms with Crippen molar-refractivity contribution in [1.82, 2.24) is 10.2 Å². The molecule has 1 fully saturated rings. The number of hydrogen-bond donors (Lipinski definition) is 2. The number of benzene rings is 1. The van der Waals surface area contributed by atoms with Crippen molar-refractivity contribution in [1.29, 1.82) is 0 Å². The van der Waals surface area contributed by atoms with Crippen LogP contribution in [0.2, 0.25) is 10.0 Å². The van der Waals surface area contributed by atoms with E-state index in [1.807, 2.05) is 0 Å². The minimum absolute atomic E-state index is 0. The van der Waals surface area contributed by atoms with Gasteiger partial charge in [-0.25, -0.2) is 0 Å². The zero-order valence-electron chi connectivity index (χ0n) is 13.5.